The maximum absolute atomic E-state index is 10.9. The van der Waals surface area contributed by atoms with Crippen LogP contribution in [0.4, 0.5) is 0 Å². The quantitative estimate of drug-likeness (QED) is 0.753. The molecule has 2 aliphatic heterocycles. The van der Waals surface area contributed by atoms with Crippen molar-refractivity contribution in [2.24, 2.45) is 5.92 Å². The highest BCUT2D eigenvalue weighted by Crippen LogP contribution is 2.26. The molecule has 3 nitrogen and oxygen atoms in total. The summed E-state index contributed by atoms with van der Waals surface area (Å²) >= 11 is 2.00. The van der Waals surface area contributed by atoms with Crippen molar-refractivity contribution in [3.63, 3.8) is 0 Å². The molecule has 0 spiro atoms. The molecule has 0 amide bonds. The molecule has 0 aromatic heterocycles. The lowest BCUT2D eigenvalue weighted by Gasteiger charge is -2.34. The zero-order chi connectivity index (χ0) is 9.97. The molecule has 2 heterocycles. The van der Waals surface area contributed by atoms with E-state index in [0.717, 1.165) is 25.9 Å². The van der Waals surface area contributed by atoms with E-state index in [1.54, 1.807) is 0 Å². The van der Waals surface area contributed by atoms with Gasteiger partial charge in [-0.05, 0) is 31.6 Å². The molecule has 1 N–H and O–H groups in total. The van der Waals surface area contributed by atoms with E-state index < -0.39 is 5.97 Å². The smallest absolute Gasteiger partial charge is 0.307 e. The van der Waals surface area contributed by atoms with Gasteiger partial charge < -0.3 is 5.11 Å². The van der Waals surface area contributed by atoms with Crippen LogP contribution in [0.2, 0.25) is 0 Å². The molecule has 80 valence electrons. The highest BCUT2D eigenvalue weighted by molar-refractivity contribution is 7.99. The molecule has 0 saturated carbocycles. The molecule has 2 fully saturated rings. The third-order valence-corrected chi connectivity index (χ3v) is 4.37. The van der Waals surface area contributed by atoms with E-state index in [1.165, 1.54) is 17.9 Å². The Morgan fingerprint density at radius 1 is 1.43 bits per heavy atom. The Morgan fingerprint density at radius 3 is 2.93 bits per heavy atom. The molecule has 2 saturated heterocycles. The maximum Gasteiger partial charge on any atom is 0.307 e. The molecule has 2 atom stereocenters. The minimum absolute atomic E-state index is 0.116. The standard InChI is InChI=1S/C10H17NO2S/c12-10(13)8-2-1-4-11(6-8)9-3-5-14-7-9/h8-9H,1-7H2,(H,12,13)/t8-,9+/m1/s1. The summed E-state index contributed by atoms with van der Waals surface area (Å²) in [5.74, 6) is 1.72. The minimum atomic E-state index is -0.611. The first kappa shape index (κ1) is 10.3. The number of hydrogen-bond acceptors (Lipinski definition) is 3. The summed E-state index contributed by atoms with van der Waals surface area (Å²) in [6, 6.07) is 0.655. The summed E-state index contributed by atoms with van der Waals surface area (Å²) in [4.78, 5) is 13.3. The molecule has 0 bridgehead atoms. The van der Waals surface area contributed by atoms with Gasteiger partial charge in [0.15, 0.2) is 0 Å². The van der Waals surface area contributed by atoms with Crippen LogP contribution in [-0.2, 0) is 4.79 Å². The van der Waals surface area contributed by atoms with Gasteiger partial charge in [-0.1, -0.05) is 0 Å². The Labute approximate surface area is 88.9 Å². The molecule has 2 aliphatic rings. The van der Waals surface area contributed by atoms with Gasteiger partial charge in [-0.25, -0.2) is 0 Å². The number of carbonyl (C=O) groups is 1. The van der Waals surface area contributed by atoms with Gasteiger partial charge in [-0.3, -0.25) is 9.69 Å². The van der Waals surface area contributed by atoms with Crippen LogP contribution in [-0.4, -0.2) is 46.6 Å². The number of hydrogen-bond donors (Lipinski definition) is 1. The van der Waals surface area contributed by atoms with Crippen molar-refractivity contribution in [1.29, 1.82) is 0 Å². The molecule has 0 aliphatic carbocycles. The lowest BCUT2D eigenvalue weighted by molar-refractivity contribution is -0.143. The van der Waals surface area contributed by atoms with Crippen LogP contribution >= 0.6 is 11.8 Å². The summed E-state index contributed by atoms with van der Waals surface area (Å²) in [7, 11) is 0. The first-order valence-corrected chi connectivity index (χ1v) is 6.47. The lowest BCUT2D eigenvalue weighted by atomic mass is 9.97. The summed E-state index contributed by atoms with van der Waals surface area (Å²) < 4.78 is 0. The van der Waals surface area contributed by atoms with E-state index in [2.05, 4.69) is 4.90 Å². The predicted octanol–water partition coefficient (Wildman–Crippen LogP) is 1.29. The van der Waals surface area contributed by atoms with Crippen molar-refractivity contribution in [2.75, 3.05) is 24.6 Å². The molecule has 0 radical (unpaired) electrons. The van der Waals surface area contributed by atoms with Crippen molar-refractivity contribution < 1.29 is 9.90 Å². The second kappa shape index (κ2) is 4.53. The van der Waals surface area contributed by atoms with E-state index in [4.69, 9.17) is 5.11 Å². The number of carboxylic acid groups (broad SMARTS) is 1. The first-order valence-electron chi connectivity index (χ1n) is 5.32. The van der Waals surface area contributed by atoms with Crippen molar-refractivity contribution in [3.8, 4) is 0 Å². The second-order valence-electron chi connectivity index (χ2n) is 4.19. The Bertz CT molecular complexity index is 216. The van der Waals surface area contributed by atoms with Gasteiger partial charge in [-0.15, -0.1) is 0 Å². The van der Waals surface area contributed by atoms with Gasteiger partial charge in [0.2, 0.25) is 0 Å². The van der Waals surface area contributed by atoms with E-state index in [0.29, 0.717) is 6.04 Å². The van der Waals surface area contributed by atoms with Crippen LogP contribution in [0, 0.1) is 5.92 Å². The van der Waals surface area contributed by atoms with Crippen LogP contribution in [0.3, 0.4) is 0 Å². The molecule has 0 aromatic carbocycles. The zero-order valence-corrected chi connectivity index (χ0v) is 9.13. The SMILES string of the molecule is O=C(O)[C@@H]1CCCN([C@H]2CCSC2)C1. The summed E-state index contributed by atoms with van der Waals surface area (Å²) in [5, 5.41) is 8.97. The number of carboxylic acids is 1. The molecule has 14 heavy (non-hydrogen) atoms. The lowest BCUT2D eigenvalue weighted by Crippen LogP contribution is -2.44. The van der Waals surface area contributed by atoms with Crippen LogP contribution in [0.5, 0.6) is 0 Å². The number of likely N-dealkylation sites (tertiary alicyclic amines) is 1. The van der Waals surface area contributed by atoms with Gasteiger partial charge in [0.25, 0.3) is 0 Å². The van der Waals surface area contributed by atoms with Gasteiger partial charge in [0, 0.05) is 18.3 Å². The number of nitrogens with zero attached hydrogens (tertiary/aromatic N) is 1. The van der Waals surface area contributed by atoms with Gasteiger partial charge >= 0.3 is 5.97 Å². The Hall–Kier alpha value is -0.220. The summed E-state index contributed by atoms with van der Waals surface area (Å²) in [6.07, 6.45) is 3.17. The number of piperidine rings is 1. The fourth-order valence-electron chi connectivity index (χ4n) is 2.35. The van der Waals surface area contributed by atoms with Gasteiger partial charge in [-0.2, -0.15) is 11.8 Å². The topological polar surface area (TPSA) is 40.5 Å². The normalized spacial score (nSPS) is 34.6. The Kier molecular flexibility index (Phi) is 3.34. The van der Waals surface area contributed by atoms with Crippen LogP contribution in [0.1, 0.15) is 19.3 Å². The van der Waals surface area contributed by atoms with Crippen molar-refractivity contribution in [1.82, 2.24) is 4.90 Å². The first-order chi connectivity index (χ1) is 6.77. The predicted molar refractivity (Wildman–Crippen MR) is 57.7 cm³/mol. The Balaban J connectivity index is 1.89. The average molecular weight is 215 g/mol. The summed E-state index contributed by atoms with van der Waals surface area (Å²) in [5.41, 5.74) is 0. The highest BCUT2D eigenvalue weighted by atomic mass is 32.2. The molecule has 0 aromatic rings. The zero-order valence-electron chi connectivity index (χ0n) is 8.32. The Morgan fingerprint density at radius 2 is 2.29 bits per heavy atom. The summed E-state index contributed by atoms with van der Waals surface area (Å²) in [6.45, 7) is 1.88. The second-order valence-corrected chi connectivity index (χ2v) is 5.34. The van der Waals surface area contributed by atoms with E-state index in [-0.39, 0.29) is 5.92 Å². The fourth-order valence-corrected chi connectivity index (χ4v) is 3.60. The van der Waals surface area contributed by atoms with E-state index in [9.17, 15) is 4.79 Å². The monoisotopic (exact) mass is 215 g/mol. The number of rotatable bonds is 2. The van der Waals surface area contributed by atoms with Gasteiger partial charge in [0.1, 0.15) is 0 Å². The van der Waals surface area contributed by atoms with Crippen molar-refractivity contribution >= 4 is 17.7 Å². The molecular weight excluding hydrogens is 198 g/mol. The molecule has 2 rings (SSSR count). The van der Waals surface area contributed by atoms with Gasteiger partial charge in [0.05, 0.1) is 5.92 Å². The maximum atomic E-state index is 10.9. The molecule has 0 unspecified atom stereocenters. The van der Waals surface area contributed by atoms with E-state index in [1.807, 2.05) is 11.8 Å². The van der Waals surface area contributed by atoms with Crippen molar-refractivity contribution in [2.45, 2.75) is 25.3 Å². The fraction of sp³-hybridized carbons (Fsp3) is 0.900. The van der Waals surface area contributed by atoms with Crippen LogP contribution in [0.15, 0.2) is 0 Å². The van der Waals surface area contributed by atoms with Crippen LogP contribution < -0.4 is 0 Å². The third kappa shape index (κ3) is 2.23. The average Bonchev–Trinajstić information content (AvgIpc) is 2.71. The van der Waals surface area contributed by atoms with Crippen LogP contribution in [0.25, 0.3) is 0 Å². The third-order valence-electron chi connectivity index (χ3n) is 3.22. The highest BCUT2D eigenvalue weighted by Gasteiger charge is 2.30. The minimum Gasteiger partial charge on any atom is -0.481 e. The van der Waals surface area contributed by atoms with Crippen molar-refractivity contribution in [3.05, 3.63) is 0 Å². The largest absolute Gasteiger partial charge is 0.481 e. The number of thioether (sulfide) groups is 1. The number of aliphatic carboxylic acids is 1. The molecular formula is C10H17NO2S. The molecule has 4 heteroatoms. The van der Waals surface area contributed by atoms with E-state index >= 15 is 0 Å².